The third kappa shape index (κ3) is 5.57. The molecule has 2 rings (SSSR count). The van der Waals surface area contributed by atoms with Crippen LogP contribution in [0.4, 0.5) is 10.8 Å². The summed E-state index contributed by atoms with van der Waals surface area (Å²) in [5.41, 5.74) is 0.594. The Hall–Kier alpha value is -2.46. The molecule has 1 aromatic carbocycles. The summed E-state index contributed by atoms with van der Waals surface area (Å²) in [5, 5.41) is 11.8. The van der Waals surface area contributed by atoms with Crippen molar-refractivity contribution in [2.45, 2.75) is 44.9 Å². The highest BCUT2D eigenvalue weighted by molar-refractivity contribution is 7.98. The van der Waals surface area contributed by atoms with Gasteiger partial charge in [-0.25, -0.2) is 9.78 Å². The van der Waals surface area contributed by atoms with Crippen LogP contribution in [-0.4, -0.2) is 41.2 Å². The second-order valence-corrected chi connectivity index (χ2v) is 8.26. The van der Waals surface area contributed by atoms with Gasteiger partial charge in [0.05, 0.1) is 22.1 Å². The second-order valence-electron chi connectivity index (χ2n) is 6.44. The van der Waals surface area contributed by atoms with Crippen LogP contribution in [0.5, 0.6) is 0 Å². The van der Waals surface area contributed by atoms with Crippen LogP contribution >= 0.6 is 23.1 Å². The topological polar surface area (TPSA) is 103 Å². The molecule has 0 aliphatic heterocycles. The zero-order valence-electron chi connectivity index (χ0n) is 17.5. The van der Waals surface area contributed by atoms with Crippen molar-refractivity contribution in [1.29, 1.82) is 0 Å². The standard InChI is InChI=1S/C20H25N3O5S2/c1-5-7-8-11-22(20-21-13(3)17(30-20)19(25)28-6-2)18(24)14-9-10-16(29-4)15(12-14)23(26)27/h9-10,12H,5-8,11H2,1-4H3. The van der Waals surface area contributed by atoms with E-state index in [1.54, 1.807) is 32.2 Å². The van der Waals surface area contributed by atoms with Crippen LogP contribution in [0, 0.1) is 17.0 Å². The molecule has 1 aromatic heterocycles. The molecule has 0 bridgehead atoms. The Morgan fingerprint density at radius 2 is 2.03 bits per heavy atom. The van der Waals surface area contributed by atoms with Gasteiger partial charge in [-0.2, -0.15) is 0 Å². The summed E-state index contributed by atoms with van der Waals surface area (Å²) in [6.45, 7) is 6.12. The first-order chi connectivity index (χ1) is 14.3. The van der Waals surface area contributed by atoms with Gasteiger partial charge in [-0.15, -0.1) is 11.8 Å². The van der Waals surface area contributed by atoms with Gasteiger partial charge in [-0.1, -0.05) is 31.1 Å². The van der Waals surface area contributed by atoms with Crippen LogP contribution in [0.3, 0.4) is 0 Å². The summed E-state index contributed by atoms with van der Waals surface area (Å²) >= 11 is 2.35. The van der Waals surface area contributed by atoms with Crippen molar-refractivity contribution in [2.75, 3.05) is 24.3 Å². The number of hydrogen-bond acceptors (Lipinski definition) is 8. The molecule has 30 heavy (non-hydrogen) atoms. The number of nitrogens with zero attached hydrogens (tertiary/aromatic N) is 3. The molecule has 8 nitrogen and oxygen atoms in total. The number of esters is 1. The lowest BCUT2D eigenvalue weighted by atomic mass is 10.1. The maximum absolute atomic E-state index is 13.3. The number of nitro benzene ring substituents is 1. The molecular weight excluding hydrogens is 426 g/mol. The highest BCUT2D eigenvalue weighted by Crippen LogP contribution is 2.31. The highest BCUT2D eigenvalue weighted by atomic mass is 32.2. The quantitative estimate of drug-likeness (QED) is 0.163. The molecule has 0 N–H and O–H groups in total. The maximum atomic E-state index is 13.3. The summed E-state index contributed by atoms with van der Waals surface area (Å²) in [6, 6.07) is 4.46. The molecule has 0 unspecified atom stereocenters. The van der Waals surface area contributed by atoms with Crippen molar-refractivity contribution >= 4 is 45.8 Å². The summed E-state index contributed by atoms with van der Waals surface area (Å²) < 4.78 is 5.06. The Balaban J connectivity index is 2.43. The number of thioether (sulfide) groups is 1. The normalized spacial score (nSPS) is 10.7. The lowest BCUT2D eigenvalue weighted by Crippen LogP contribution is -2.32. The largest absolute Gasteiger partial charge is 0.462 e. The number of nitro groups is 1. The number of anilines is 1. The number of unbranched alkanes of at least 4 members (excludes halogenated alkanes) is 2. The fourth-order valence-electron chi connectivity index (χ4n) is 2.81. The van der Waals surface area contributed by atoms with Gasteiger partial charge in [0.15, 0.2) is 5.13 Å². The summed E-state index contributed by atoms with van der Waals surface area (Å²) in [4.78, 5) is 43.1. The minimum Gasteiger partial charge on any atom is -0.462 e. The zero-order chi connectivity index (χ0) is 22.3. The number of hydrogen-bond donors (Lipinski definition) is 0. The predicted octanol–water partition coefficient (Wildman–Crippen LogP) is 5.10. The first kappa shape index (κ1) is 23.8. The number of aryl methyl sites for hydroxylation is 1. The van der Waals surface area contributed by atoms with E-state index in [2.05, 4.69) is 11.9 Å². The minimum absolute atomic E-state index is 0.107. The molecule has 162 valence electrons. The van der Waals surface area contributed by atoms with Crippen molar-refractivity contribution in [1.82, 2.24) is 4.98 Å². The lowest BCUT2D eigenvalue weighted by Gasteiger charge is -2.20. The van der Waals surface area contributed by atoms with E-state index in [4.69, 9.17) is 4.74 Å². The molecule has 0 aliphatic carbocycles. The smallest absolute Gasteiger partial charge is 0.350 e. The van der Waals surface area contributed by atoms with Gasteiger partial charge in [-0.05, 0) is 38.7 Å². The fraction of sp³-hybridized carbons (Fsp3) is 0.450. The Labute approximate surface area is 183 Å². The molecule has 0 spiro atoms. The predicted molar refractivity (Wildman–Crippen MR) is 119 cm³/mol. The van der Waals surface area contributed by atoms with Gasteiger partial charge in [0.25, 0.3) is 11.6 Å². The summed E-state index contributed by atoms with van der Waals surface area (Å²) in [5.74, 6) is -0.856. The average Bonchev–Trinajstić information content (AvgIpc) is 3.11. The van der Waals surface area contributed by atoms with E-state index in [0.717, 1.165) is 30.6 Å². The number of rotatable bonds is 10. The molecule has 1 heterocycles. The van der Waals surface area contributed by atoms with Crippen LogP contribution in [0.15, 0.2) is 23.1 Å². The van der Waals surface area contributed by atoms with Gasteiger partial charge in [0.2, 0.25) is 0 Å². The van der Waals surface area contributed by atoms with Crippen molar-refractivity contribution in [3.8, 4) is 0 Å². The molecule has 0 atom stereocenters. The minimum atomic E-state index is -0.490. The molecule has 0 aliphatic rings. The van der Waals surface area contributed by atoms with E-state index >= 15 is 0 Å². The first-order valence-corrected chi connectivity index (χ1v) is 11.7. The average molecular weight is 452 g/mol. The van der Waals surface area contributed by atoms with E-state index in [0.29, 0.717) is 27.1 Å². The molecule has 0 radical (unpaired) electrons. The number of ether oxygens (including phenoxy) is 1. The maximum Gasteiger partial charge on any atom is 0.350 e. The van der Waals surface area contributed by atoms with Gasteiger partial charge < -0.3 is 4.74 Å². The molecular formula is C20H25N3O5S2. The summed E-state index contributed by atoms with van der Waals surface area (Å²) in [7, 11) is 0. The van der Waals surface area contributed by atoms with E-state index in [1.807, 2.05) is 0 Å². The van der Waals surface area contributed by atoms with Gasteiger partial charge in [0.1, 0.15) is 4.88 Å². The number of carbonyl (C=O) groups is 2. The molecule has 0 fully saturated rings. The van der Waals surface area contributed by atoms with Crippen LogP contribution in [0.2, 0.25) is 0 Å². The van der Waals surface area contributed by atoms with Gasteiger partial charge in [-0.3, -0.25) is 19.8 Å². The zero-order valence-corrected chi connectivity index (χ0v) is 19.1. The number of thiazole rings is 1. The molecule has 1 amide bonds. The fourth-order valence-corrected chi connectivity index (χ4v) is 4.34. The Bertz CT molecular complexity index is 929. The van der Waals surface area contributed by atoms with E-state index < -0.39 is 10.9 Å². The second kappa shape index (κ2) is 11.1. The molecule has 0 saturated carbocycles. The Kier molecular flexibility index (Phi) is 8.79. The van der Waals surface area contributed by atoms with E-state index in [9.17, 15) is 19.7 Å². The van der Waals surface area contributed by atoms with Crippen molar-refractivity contribution in [3.05, 3.63) is 44.4 Å². The molecule has 0 saturated heterocycles. The lowest BCUT2D eigenvalue weighted by molar-refractivity contribution is -0.387. The van der Waals surface area contributed by atoms with E-state index in [1.165, 1.54) is 22.7 Å². The van der Waals surface area contributed by atoms with Crippen LogP contribution in [-0.2, 0) is 4.74 Å². The van der Waals surface area contributed by atoms with E-state index in [-0.39, 0.29) is 23.8 Å². The third-order valence-electron chi connectivity index (χ3n) is 4.33. The van der Waals surface area contributed by atoms with Crippen LogP contribution in [0.1, 0.15) is 58.8 Å². The third-order valence-corrected chi connectivity index (χ3v) is 6.28. The molecule has 2 aromatic rings. The monoisotopic (exact) mass is 451 g/mol. The van der Waals surface area contributed by atoms with Crippen LogP contribution in [0.25, 0.3) is 0 Å². The van der Waals surface area contributed by atoms with Gasteiger partial charge >= 0.3 is 5.97 Å². The SMILES string of the molecule is CCCCCN(C(=O)c1ccc(SC)c([N+](=O)[O-])c1)c1nc(C)c(C(=O)OCC)s1. The first-order valence-electron chi connectivity index (χ1n) is 9.62. The number of carbonyl (C=O) groups excluding carboxylic acids is 2. The Morgan fingerprint density at radius 1 is 1.30 bits per heavy atom. The summed E-state index contributed by atoms with van der Waals surface area (Å²) in [6.07, 6.45) is 4.39. The number of aromatic nitrogens is 1. The van der Waals surface area contributed by atoms with Crippen molar-refractivity contribution in [3.63, 3.8) is 0 Å². The van der Waals surface area contributed by atoms with Crippen LogP contribution < -0.4 is 4.90 Å². The van der Waals surface area contributed by atoms with Gasteiger partial charge in [0, 0.05) is 18.2 Å². The van der Waals surface area contributed by atoms with Crippen molar-refractivity contribution < 1.29 is 19.2 Å². The molecule has 10 heteroatoms. The number of benzene rings is 1. The Morgan fingerprint density at radius 3 is 2.63 bits per heavy atom. The van der Waals surface area contributed by atoms with Crippen molar-refractivity contribution in [2.24, 2.45) is 0 Å². The highest BCUT2D eigenvalue weighted by Gasteiger charge is 2.26. The number of amides is 1.